The number of allylic oxidation sites excluding steroid dienone is 2. The molecule has 0 bridgehead atoms. The van der Waals surface area contributed by atoms with E-state index >= 15 is 0 Å². The lowest BCUT2D eigenvalue weighted by Crippen LogP contribution is -1.89. The average molecular weight is 481 g/mol. The Bertz CT molecular complexity index is 2010. The maximum absolute atomic E-state index is 2.45. The SMILES string of the molecule is C1=Cc2cc3cc4c(cc3cc2C1)-c1ccc2c3c(ccc2c1C4)-c1cc2cc4c(cc2cc1C3)C=CC4. The molecule has 0 amide bonds. The normalized spacial score (nSPS) is 15.3. The molecule has 176 valence electrons. The largest absolute Gasteiger partial charge is 0.0795 e. The van der Waals surface area contributed by atoms with Crippen LogP contribution < -0.4 is 0 Å². The molecule has 0 fully saturated rings. The molecule has 0 saturated carbocycles. The van der Waals surface area contributed by atoms with Gasteiger partial charge in [0.25, 0.3) is 0 Å². The standard InChI is InChI=1S/C38H24/c1-3-21-11-25-15-29-19-37-31-8-10-34-36-18-28-14-24-6-2-4-22(24)12-26(28)16-30(36)20-38(34)32(31)7-9-33(37)35(29)17-27(25)13-23(21)5-1/h1-4,7-18H,5-6,19-20H2. The first-order valence-electron chi connectivity index (χ1n) is 13.9. The summed E-state index contributed by atoms with van der Waals surface area (Å²) in [5, 5.41) is 8.36. The van der Waals surface area contributed by atoms with Gasteiger partial charge in [0, 0.05) is 0 Å². The first-order valence-corrected chi connectivity index (χ1v) is 13.9. The summed E-state index contributed by atoms with van der Waals surface area (Å²) in [6.07, 6.45) is 13.3. The molecule has 0 aliphatic heterocycles. The minimum absolute atomic E-state index is 1.03. The minimum atomic E-state index is 1.03. The Labute approximate surface area is 221 Å². The van der Waals surface area contributed by atoms with Crippen molar-refractivity contribution in [2.45, 2.75) is 25.7 Å². The van der Waals surface area contributed by atoms with Crippen molar-refractivity contribution in [3.05, 3.63) is 129 Å². The summed E-state index contributed by atoms with van der Waals surface area (Å²) in [4.78, 5) is 0. The van der Waals surface area contributed by atoms with E-state index in [1.807, 2.05) is 0 Å². The number of benzene rings is 6. The van der Waals surface area contributed by atoms with Gasteiger partial charge in [0.2, 0.25) is 0 Å². The van der Waals surface area contributed by atoms with E-state index in [0.717, 1.165) is 25.7 Å². The van der Waals surface area contributed by atoms with Crippen LogP contribution >= 0.6 is 0 Å². The first kappa shape index (κ1) is 19.7. The summed E-state index contributed by atoms with van der Waals surface area (Å²) in [5.41, 5.74) is 17.4. The number of hydrogen-bond donors (Lipinski definition) is 0. The van der Waals surface area contributed by atoms with Crippen molar-refractivity contribution < 1.29 is 0 Å². The second kappa shape index (κ2) is 6.71. The predicted molar refractivity (Wildman–Crippen MR) is 161 cm³/mol. The fourth-order valence-electron chi connectivity index (χ4n) is 7.80. The Morgan fingerprint density at radius 2 is 0.842 bits per heavy atom. The molecule has 0 spiro atoms. The van der Waals surface area contributed by atoms with Crippen LogP contribution in [-0.4, -0.2) is 0 Å². The van der Waals surface area contributed by atoms with Crippen LogP contribution in [0, 0.1) is 0 Å². The van der Waals surface area contributed by atoms with Gasteiger partial charge in [-0.25, -0.2) is 0 Å². The molecule has 6 aromatic carbocycles. The van der Waals surface area contributed by atoms with Crippen molar-refractivity contribution in [1.29, 1.82) is 0 Å². The smallest absolute Gasteiger partial charge is 0.000706 e. The van der Waals surface area contributed by atoms with Gasteiger partial charge < -0.3 is 0 Å². The van der Waals surface area contributed by atoms with Crippen molar-refractivity contribution in [1.82, 2.24) is 0 Å². The van der Waals surface area contributed by atoms with Gasteiger partial charge in [-0.05, 0) is 149 Å². The van der Waals surface area contributed by atoms with Gasteiger partial charge in [-0.2, -0.15) is 0 Å². The highest BCUT2D eigenvalue weighted by molar-refractivity contribution is 6.04. The molecule has 0 aromatic heterocycles. The molecule has 10 rings (SSSR count). The van der Waals surface area contributed by atoms with E-state index < -0.39 is 0 Å². The van der Waals surface area contributed by atoms with E-state index in [1.54, 1.807) is 0 Å². The van der Waals surface area contributed by atoms with Crippen LogP contribution in [0.15, 0.2) is 84.9 Å². The zero-order chi connectivity index (χ0) is 24.5. The molecule has 0 radical (unpaired) electrons. The first-order chi connectivity index (χ1) is 18.8. The Hall–Kier alpha value is -4.42. The zero-order valence-electron chi connectivity index (χ0n) is 21.1. The summed E-state index contributed by atoms with van der Waals surface area (Å²) in [6.45, 7) is 0. The molecule has 0 heteroatoms. The maximum atomic E-state index is 2.45. The lowest BCUT2D eigenvalue weighted by molar-refractivity contribution is 1.27. The quantitative estimate of drug-likeness (QED) is 0.203. The Balaban J connectivity index is 1.13. The number of rotatable bonds is 0. The molecule has 4 aliphatic rings. The topological polar surface area (TPSA) is 0 Å². The third-order valence-corrected chi connectivity index (χ3v) is 9.65. The predicted octanol–water partition coefficient (Wildman–Crippen LogP) is 9.43. The Morgan fingerprint density at radius 1 is 0.395 bits per heavy atom. The molecule has 6 aromatic rings. The third-order valence-electron chi connectivity index (χ3n) is 9.65. The maximum Gasteiger partial charge on any atom is -0.000706 e. The molecule has 0 N–H and O–H groups in total. The fraction of sp³-hybridized carbons (Fsp3) is 0.105. The summed E-state index contributed by atoms with van der Waals surface area (Å²) < 4.78 is 0. The molecule has 0 heterocycles. The third kappa shape index (κ3) is 2.46. The number of fused-ring (bicyclic) bond motifs is 13. The van der Waals surface area contributed by atoms with E-state index in [2.05, 4.69) is 97.1 Å². The minimum Gasteiger partial charge on any atom is -0.0795 e. The van der Waals surface area contributed by atoms with E-state index in [4.69, 9.17) is 0 Å². The molecular formula is C38H24. The van der Waals surface area contributed by atoms with Gasteiger partial charge >= 0.3 is 0 Å². The van der Waals surface area contributed by atoms with Crippen LogP contribution in [0.1, 0.15) is 44.5 Å². The molecule has 38 heavy (non-hydrogen) atoms. The van der Waals surface area contributed by atoms with Crippen molar-refractivity contribution in [2.75, 3.05) is 0 Å². The lowest BCUT2D eigenvalue weighted by Gasteiger charge is -2.11. The molecule has 0 unspecified atom stereocenters. The van der Waals surface area contributed by atoms with E-state index in [0.29, 0.717) is 0 Å². The lowest BCUT2D eigenvalue weighted by atomic mass is 9.93. The van der Waals surface area contributed by atoms with Crippen LogP contribution in [0.25, 0.3) is 66.7 Å². The molecule has 4 aliphatic carbocycles. The highest BCUT2D eigenvalue weighted by Crippen LogP contribution is 2.47. The van der Waals surface area contributed by atoms with Crippen LogP contribution in [0.5, 0.6) is 0 Å². The Morgan fingerprint density at radius 3 is 1.34 bits per heavy atom. The van der Waals surface area contributed by atoms with Crippen LogP contribution in [0.3, 0.4) is 0 Å². The molecule has 0 atom stereocenters. The average Bonchev–Trinajstić information content (AvgIpc) is 3.72. The van der Waals surface area contributed by atoms with Gasteiger partial charge in [-0.15, -0.1) is 0 Å². The van der Waals surface area contributed by atoms with Gasteiger partial charge in [-0.1, -0.05) is 72.8 Å². The van der Waals surface area contributed by atoms with E-state index in [-0.39, 0.29) is 0 Å². The van der Waals surface area contributed by atoms with E-state index in [1.165, 1.54) is 99.1 Å². The van der Waals surface area contributed by atoms with Gasteiger partial charge in [0.05, 0.1) is 0 Å². The van der Waals surface area contributed by atoms with Crippen molar-refractivity contribution in [3.8, 4) is 22.3 Å². The van der Waals surface area contributed by atoms with Gasteiger partial charge in [0.1, 0.15) is 0 Å². The Kier molecular flexibility index (Phi) is 3.47. The zero-order valence-corrected chi connectivity index (χ0v) is 21.1. The van der Waals surface area contributed by atoms with Crippen molar-refractivity contribution in [3.63, 3.8) is 0 Å². The summed E-state index contributed by atoms with van der Waals surface area (Å²) in [5.74, 6) is 0. The van der Waals surface area contributed by atoms with Crippen molar-refractivity contribution >= 4 is 44.5 Å². The summed E-state index contributed by atoms with van der Waals surface area (Å²) >= 11 is 0. The summed E-state index contributed by atoms with van der Waals surface area (Å²) in [7, 11) is 0. The summed E-state index contributed by atoms with van der Waals surface area (Å²) in [6, 6.07) is 29.0. The van der Waals surface area contributed by atoms with E-state index in [9.17, 15) is 0 Å². The van der Waals surface area contributed by atoms with Crippen LogP contribution in [-0.2, 0) is 25.7 Å². The highest BCUT2D eigenvalue weighted by atomic mass is 14.3. The molecular weight excluding hydrogens is 456 g/mol. The van der Waals surface area contributed by atoms with Crippen molar-refractivity contribution in [2.24, 2.45) is 0 Å². The van der Waals surface area contributed by atoms with Gasteiger partial charge in [0.15, 0.2) is 0 Å². The monoisotopic (exact) mass is 480 g/mol. The molecule has 0 nitrogen and oxygen atoms in total. The van der Waals surface area contributed by atoms with Crippen LogP contribution in [0.4, 0.5) is 0 Å². The number of hydrogen-bond acceptors (Lipinski definition) is 0. The highest BCUT2D eigenvalue weighted by Gasteiger charge is 2.26. The molecule has 0 saturated heterocycles. The van der Waals surface area contributed by atoms with Crippen LogP contribution in [0.2, 0.25) is 0 Å². The van der Waals surface area contributed by atoms with Gasteiger partial charge in [-0.3, -0.25) is 0 Å². The second-order valence-electron chi connectivity index (χ2n) is 11.7. The fourth-order valence-corrected chi connectivity index (χ4v) is 7.80. The second-order valence-corrected chi connectivity index (χ2v) is 11.7.